The molecule has 0 radical (unpaired) electrons. The lowest BCUT2D eigenvalue weighted by Gasteiger charge is -2.07. The van der Waals surface area contributed by atoms with Gasteiger partial charge in [-0.2, -0.15) is 0 Å². The molecule has 0 aliphatic carbocycles. The van der Waals surface area contributed by atoms with Gasteiger partial charge in [0.1, 0.15) is 0 Å². The van der Waals surface area contributed by atoms with Crippen molar-refractivity contribution in [2.75, 3.05) is 6.61 Å². The van der Waals surface area contributed by atoms with Gasteiger partial charge in [-0.3, -0.25) is 0 Å². The minimum atomic E-state index is -0.305. The Bertz CT molecular complexity index is 706. The molecule has 4 nitrogen and oxygen atoms in total. The number of unbranched alkanes of at least 4 members (excludes halogenated alkanes) is 1. The predicted molar refractivity (Wildman–Crippen MR) is 106 cm³/mol. The molecule has 1 unspecified atom stereocenters. The Labute approximate surface area is 156 Å². The average Bonchev–Trinajstić information content (AvgIpc) is 2.69. The molecule has 4 heteroatoms. The first-order valence-electron chi connectivity index (χ1n) is 9.38. The number of hydrogen-bond acceptors (Lipinski definition) is 4. The van der Waals surface area contributed by atoms with E-state index in [1.165, 1.54) is 18.1 Å². The fraction of sp³-hybridized carbons (Fsp3) is 0.409. The standard InChI is InChI=1S/C22H28N2O2/c1-4-6-7-19-14-23-22(24-15-19)20-11-8-18(9-12-20)10-13-21(25)26-16-17(3)5-2/h8-15,17H,4-7,16H2,1-3H3. The largest absolute Gasteiger partial charge is 0.462 e. The molecule has 0 bridgehead atoms. The lowest BCUT2D eigenvalue weighted by atomic mass is 10.1. The smallest absolute Gasteiger partial charge is 0.330 e. The Morgan fingerprint density at radius 3 is 2.46 bits per heavy atom. The molecule has 0 aliphatic rings. The number of esters is 1. The minimum absolute atomic E-state index is 0.305. The maximum absolute atomic E-state index is 11.7. The van der Waals surface area contributed by atoms with Gasteiger partial charge in [0.2, 0.25) is 0 Å². The van der Waals surface area contributed by atoms with Crippen LogP contribution in [-0.4, -0.2) is 22.5 Å². The molecule has 0 spiro atoms. The van der Waals surface area contributed by atoms with Crippen molar-refractivity contribution in [1.82, 2.24) is 9.97 Å². The zero-order valence-electron chi connectivity index (χ0n) is 15.9. The van der Waals surface area contributed by atoms with Crippen molar-refractivity contribution in [3.05, 3.63) is 53.9 Å². The Morgan fingerprint density at radius 1 is 1.15 bits per heavy atom. The lowest BCUT2D eigenvalue weighted by molar-refractivity contribution is -0.138. The molecule has 0 saturated heterocycles. The number of ether oxygens (including phenoxy) is 1. The van der Waals surface area contributed by atoms with Crippen LogP contribution < -0.4 is 0 Å². The minimum Gasteiger partial charge on any atom is -0.462 e. The van der Waals surface area contributed by atoms with Crippen molar-refractivity contribution in [3.8, 4) is 11.4 Å². The van der Waals surface area contributed by atoms with E-state index >= 15 is 0 Å². The van der Waals surface area contributed by atoms with Crippen molar-refractivity contribution in [3.63, 3.8) is 0 Å². The van der Waals surface area contributed by atoms with Gasteiger partial charge in [-0.25, -0.2) is 14.8 Å². The van der Waals surface area contributed by atoms with Crippen molar-refractivity contribution in [2.45, 2.75) is 46.5 Å². The highest BCUT2D eigenvalue weighted by atomic mass is 16.5. The van der Waals surface area contributed by atoms with Crippen LogP contribution in [0.2, 0.25) is 0 Å². The summed E-state index contributed by atoms with van der Waals surface area (Å²) in [7, 11) is 0. The average molecular weight is 352 g/mol. The first-order valence-corrected chi connectivity index (χ1v) is 9.38. The normalized spacial score (nSPS) is 12.3. The molecule has 138 valence electrons. The molecule has 0 N–H and O–H groups in total. The van der Waals surface area contributed by atoms with Crippen LogP contribution in [0.3, 0.4) is 0 Å². The number of nitrogens with zero attached hydrogens (tertiary/aromatic N) is 2. The number of benzene rings is 1. The van der Waals surface area contributed by atoms with E-state index in [9.17, 15) is 4.79 Å². The van der Waals surface area contributed by atoms with E-state index in [1.54, 1.807) is 6.08 Å². The van der Waals surface area contributed by atoms with Crippen molar-refractivity contribution in [2.24, 2.45) is 5.92 Å². The number of carbonyl (C=O) groups excluding carboxylic acids is 1. The molecule has 2 aromatic rings. The Morgan fingerprint density at radius 2 is 1.85 bits per heavy atom. The van der Waals surface area contributed by atoms with Gasteiger partial charge in [0.25, 0.3) is 0 Å². The third-order valence-electron chi connectivity index (χ3n) is 4.31. The molecule has 1 heterocycles. The predicted octanol–water partition coefficient (Wildman–Crippen LogP) is 5.09. The molecule has 0 amide bonds. The molecule has 1 aromatic heterocycles. The summed E-state index contributed by atoms with van der Waals surface area (Å²) in [4.78, 5) is 20.6. The third kappa shape index (κ3) is 6.43. The van der Waals surface area contributed by atoms with Gasteiger partial charge < -0.3 is 4.74 Å². The topological polar surface area (TPSA) is 52.1 Å². The van der Waals surface area contributed by atoms with Gasteiger partial charge in [0, 0.05) is 24.0 Å². The SMILES string of the molecule is CCCCc1cnc(-c2ccc(C=CC(=O)OCC(C)CC)cc2)nc1. The van der Waals surface area contributed by atoms with E-state index in [-0.39, 0.29) is 5.97 Å². The fourth-order valence-electron chi connectivity index (χ4n) is 2.31. The summed E-state index contributed by atoms with van der Waals surface area (Å²) >= 11 is 0. The van der Waals surface area contributed by atoms with Crippen LogP contribution in [0.1, 0.15) is 51.2 Å². The van der Waals surface area contributed by atoms with Gasteiger partial charge in [-0.05, 0) is 36.0 Å². The molecule has 1 atom stereocenters. The van der Waals surface area contributed by atoms with Crippen LogP contribution in [0.5, 0.6) is 0 Å². The summed E-state index contributed by atoms with van der Waals surface area (Å²) in [6, 6.07) is 7.82. The highest BCUT2D eigenvalue weighted by molar-refractivity contribution is 5.87. The van der Waals surface area contributed by atoms with Gasteiger partial charge in [-0.15, -0.1) is 0 Å². The maximum atomic E-state index is 11.7. The summed E-state index contributed by atoms with van der Waals surface area (Å²) < 4.78 is 5.20. The number of carbonyl (C=O) groups is 1. The first-order chi connectivity index (χ1) is 12.6. The first kappa shape index (κ1) is 19.8. The van der Waals surface area contributed by atoms with Crippen LogP contribution >= 0.6 is 0 Å². The second-order valence-corrected chi connectivity index (χ2v) is 6.62. The number of hydrogen-bond donors (Lipinski definition) is 0. The Balaban J connectivity index is 1.93. The molecule has 0 fully saturated rings. The van der Waals surface area contributed by atoms with Crippen molar-refractivity contribution < 1.29 is 9.53 Å². The van der Waals surface area contributed by atoms with Gasteiger partial charge in [-0.1, -0.05) is 57.9 Å². The molecular formula is C22H28N2O2. The van der Waals surface area contributed by atoms with E-state index in [4.69, 9.17) is 4.74 Å². The van der Waals surface area contributed by atoms with E-state index in [1.807, 2.05) is 36.7 Å². The molecule has 2 rings (SSSR count). The summed E-state index contributed by atoms with van der Waals surface area (Å²) in [6.45, 7) is 6.79. The molecular weight excluding hydrogens is 324 g/mol. The van der Waals surface area contributed by atoms with Crippen LogP contribution in [0.4, 0.5) is 0 Å². The van der Waals surface area contributed by atoms with Crippen LogP contribution in [0.15, 0.2) is 42.7 Å². The summed E-state index contributed by atoms with van der Waals surface area (Å²) in [6.07, 6.45) is 11.4. The van der Waals surface area contributed by atoms with Gasteiger partial charge in [0.05, 0.1) is 6.61 Å². The summed E-state index contributed by atoms with van der Waals surface area (Å²) in [5, 5.41) is 0. The van der Waals surface area contributed by atoms with Gasteiger partial charge in [0.15, 0.2) is 5.82 Å². The monoisotopic (exact) mass is 352 g/mol. The number of aryl methyl sites for hydroxylation is 1. The molecule has 0 saturated carbocycles. The van der Waals surface area contributed by atoms with Gasteiger partial charge >= 0.3 is 5.97 Å². The Hall–Kier alpha value is -2.49. The maximum Gasteiger partial charge on any atom is 0.330 e. The zero-order chi connectivity index (χ0) is 18.8. The van der Waals surface area contributed by atoms with E-state index < -0.39 is 0 Å². The highest BCUT2D eigenvalue weighted by Gasteiger charge is 2.04. The summed E-state index contributed by atoms with van der Waals surface area (Å²) in [5.41, 5.74) is 3.07. The molecule has 26 heavy (non-hydrogen) atoms. The summed E-state index contributed by atoms with van der Waals surface area (Å²) in [5.74, 6) is 0.800. The third-order valence-corrected chi connectivity index (χ3v) is 4.31. The number of aromatic nitrogens is 2. The lowest BCUT2D eigenvalue weighted by Crippen LogP contribution is -2.08. The number of rotatable bonds is 9. The van der Waals surface area contributed by atoms with Crippen LogP contribution in [0, 0.1) is 5.92 Å². The van der Waals surface area contributed by atoms with Crippen LogP contribution in [-0.2, 0) is 16.0 Å². The Kier molecular flexibility index (Phi) is 8.00. The molecule has 0 aliphatic heterocycles. The fourth-order valence-corrected chi connectivity index (χ4v) is 2.31. The second kappa shape index (κ2) is 10.5. The van der Waals surface area contributed by atoms with Crippen LogP contribution in [0.25, 0.3) is 17.5 Å². The van der Waals surface area contributed by atoms with E-state index in [0.717, 1.165) is 30.4 Å². The van der Waals surface area contributed by atoms with E-state index in [2.05, 4.69) is 30.7 Å². The van der Waals surface area contributed by atoms with E-state index in [0.29, 0.717) is 18.3 Å². The van der Waals surface area contributed by atoms with Crippen molar-refractivity contribution in [1.29, 1.82) is 0 Å². The second-order valence-electron chi connectivity index (χ2n) is 6.62. The molecule has 1 aromatic carbocycles. The van der Waals surface area contributed by atoms with Crippen molar-refractivity contribution >= 4 is 12.0 Å². The quantitative estimate of drug-likeness (QED) is 0.466. The highest BCUT2D eigenvalue weighted by Crippen LogP contribution is 2.16. The zero-order valence-corrected chi connectivity index (χ0v) is 15.9.